The maximum absolute atomic E-state index is 12.7. The van der Waals surface area contributed by atoms with Gasteiger partial charge in [0.2, 0.25) is 5.91 Å². The molecule has 2 heterocycles. The van der Waals surface area contributed by atoms with Gasteiger partial charge in [-0.15, -0.1) is 11.3 Å². The highest BCUT2D eigenvalue weighted by atomic mass is 32.1. The third-order valence-electron chi connectivity index (χ3n) is 5.33. The molecular formula is C26H26N4O3S. The topological polar surface area (TPSA) is 85.2 Å². The molecule has 8 heteroatoms. The molecule has 0 saturated heterocycles. The summed E-state index contributed by atoms with van der Waals surface area (Å²) in [5.41, 5.74) is 10.0. The van der Waals surface area contributed by atoms with Crippen LogP contribution in [-0.2, 0) is 17.8 Å². The summed E-state index contributed by atoms with van der Waals surface area (Å²) >= 11 is 1.43. The summed E-state index contributed by atoms with van der Waals surface area (Å²) in [6.07, 6.45) is 0.0599. The normalized spacial score (nSPS) is 10.7. The first-order valence-electron chi connectivity index (χ1n) is 10.9. The third kappa shape index (κ3) is 5.52. The van der Waals surface area contributed by atoms with Crippen molar-refractivity contribution < 1.29 is 14.3 Å². The van der Waals surface area contributed by atoms with Crippen LogP contribution in [0, 0.1) is 20.8 Å². The largest absolute Gasteiger partial charge is 0.486 e. The molecule has 0 bridgehead atoms. The Morgan fingerprint density at radius 1 is 1.00 bits per heavy atom. The summed E-state index contributed by atoms with van der Waals surface area (Å²) in [6, 6.07) is 19.4. The van der Waals surface area contributed by atoms with E-state index < -0.39 is 0 Å². The summed E-state index contributed by atoms with van der Waals surface area (Å²) in [5.74, 6) is 0.0602. The lowest BCUT2D eigenvalue weighted by Gasteiger charge is -2.10. The molecule has 4 aromatic rings. The molecule has 34 heavy (non-hydrogen) atoms. The number of thiazole rings is 1. The van der Waals surface area contributed by atoms with E-state index in [1.807, 2.05) is 91.4 Å². The van der Waals surface area contributed by atoms with Crippen LogP contribution in [0.5, 0.6) is 5.75 Å². The fourth-order valence-electron chi connectivity index (χ4n) is 3.65. The number of carbonyl (C=O) groups is 2. The number of hydrazine groups is 1. The minimum absolute atomic E-state index is 0.0599. The number of benzene rings is 2. The van der Waals surface area contributed by atoms with Crippen molar-refractivity contribution in [3.8, 4) is 11.4 Å². The molecule has 0 aliphatic carbocycles. The predicted molar refractivity (Wildman–Crippen MR) is 132 cm³/mol. The molecule has 0 atom stereocenters. The zero-order chi connectivity index (χ0) is 24.1. The zero-order valence-electron chi connectivity index (χ0n) is 19.3. The lowest BCUT2D eigenvalue weighted by atomic mass is 10.2. The summed E-state index contributed by atoms with van der Waals surface area (Å²) in [4.78, 5) is 29.5. The standard InChI is InChI=1S/C26H26N4O3S/c1-17-9-11-22(12-10-17)33-15-25-27-20(16-34-25)14-24(31)28-29-26(32)23-13-18(2)30(19(23)3)21-7-5-4-6-8-21/h4-13,16H,14-15H2,1-3H3,(H,28,31)(H,29,32). The number of aryl methyl sites for hydroxylation is 2. The first kappa shape index (κ1) is 23.3. The number of amides is 2. The van der Waals surface area contributed by atoms with E-state index in [1.54, 1.807) is 0 Å². The lowest BCUT2D eigenvalue weighted by Crippen LogP contribution is -2.42. The molecule has 0 aliphatic heterocycles. The fourth-order valence-corrected chi connectivity index (χ4v) is 4.35. The number of rotatable bonds is 7. The summed E-state index contributed by atoms with van der Waals surface area (Å²) in [6.45, 7) is 6.18. The SMILES string of the molecule is Cc1ccc(OCc2nc(CC(=O)NNC(=O)c3cc(C)n(-c4ccccc4)c3C)cs2)cc1. The van der Waals surface area contributed by atoms with Gasteiger partial charge < -0.3 is 9.30 Å². The maximum Gasteiger partial charge on any atom is 0.271 e. The van der Waals surface area contributed by atoms with Gasteiger partial charge in [-0.2, -0.15) is 0 Å². The van der Waals surface area contributed by atoms with Crippen LogP contribution in [0.3, 0.4) is 0 Å². The molecular weight excluding hydrogens is 448 g/mol. The van der Waals surface area contributed by atoms with Crippen molar-refractivity contribution in [1.29, 1.82) is 0 Å². The monoisotopic (exact) mass is 474 g/mol. The molecule has 0 unspecified atom stereocenters. The van der Waals surface area contributed by atoms with Gasteiger partial charge in [0.05, 0.1) is 17.7 Å². The van der Waals surface area contributed by atoms with Crippen LogP contribution in [0.2, 0.25) is 0 Å². The van der Waals surface area contributed by atoms with Crippen LogP contribution in [0.15, 0.2) is 66.0 Å². The van der Waals surface area contributed by atoms with Crippen molar-refractivity contribution in [2.24, 2.45) is 0 Å². The van der Waals surface area contributed by atoms with Gasteiger partial charge in [0.15, 0.2) is 0 Å². The highest BCUT2D eigenvalue weighted by Crippen LogP contribution is 2.20. The van der Waals surface area contributed by atoms with Crippen molar-refractivity contribution in [3.05, 3.63) is 99.3 Å². The molecule has 0 radical (unpaired) electrons. The van der Waals surface area contributed by atoms with Gasteiger partial charge >= 0.3 is 0 Å². The number of carbonyl (C=O) groups excluding carboxylic acids is 2. The number of hydrogen-bond donors (Lipinski definition) is 2. The zero-order valence-corrected chi connectivity index (χ0v) is 20.1. The van der Waals surface area contributed by atoms with E-state index in [-0.39, 0.29) is 18.2 Å². The van der Waals surface area contributed by atoms with Crippen LogP contribution in [0.25, 0.3) is 5.69 Å². The molecule has 7 nitrogen and oxygen atoms in total. The molecule has 0 saturated carbocycles. The van der Waals surface area contributed by atoms with E-state index >= 15 is 0 Å². The van der Waals surface area contributed by atoms with Crippen LogP contribution < -0.4 is 15.6 Å². The van der Waals surface area contributed by atoms with E-state index in [9.17, 15) is 9.59 Å². The number of ether oxygens (including phenoxy) is 1. The highest BCUT2D eigenvalue weighted by molar-refractivity contribution is 7.09. The Hall–Kier alpha value is -3.91. The molecule has 2 aromatic carbocycles. The number of nitrogens with one attached hydrogen (secondary N) is 2. The first-order valence-corrected chi connectivity index (χ1v) is 11.7. The number of aromatic nitrogens is 2. The summed E-state index contributed by atoms with van der Waals surface area (Å²) in [7, 11) is 0. The van der Waals surface area contributed by atoms with E-state index in [1.165, 1.54) is 16.9 Å². The average molecular weight is 475 g/mol. The molecule has 2 N–H and O–H groups in total. The van der Waals surface area contributed by atoms with Gasteiger partial charge in [-0.3, -0.25) is 20.4 Å². The Morgan fingerprint density at radius 2 is 1.74 bits per heavy atom. The molecule has 0 aliphatic rings. The average Bonchev–Trinajstić information content (AvgIpc) is 3.40. The van der Waals surface area contributed by atoms with Crippen molar-refractivity contribution in [1.82, 2.24) is 20.4 Å². The summed E-state index contributed by atoms with van der Waals surface area (Å²) < 4.78 is 7.74. The van der Waals surface area contributed by atoms with Gasteiger partial charge in [-0.25, -0.2) is 4.98 Å². The highest BCUT2D eigenvalue weighted by Gasteiger charge is 2.17. The van der Waals surface area contributed by atoms with Crippen LogP contribution in [0.4, 0.5) is 0 Å². The third-order valence-corrected chi connectivity index (χ3v) is 6.20. The van der Waals surface area contributed by atoms with Gasteiger partial charge in [0, 0.05) is 22.5 Å². The Bertz CT molecular complexity index is 1290. The number of hydrogen-bond acceptors (Lipinski definition) is 5. The molecule has 174 valence electrons. The van der Waals surface area contributed by atoms with E-state index in [4.69, 9.17) is 4.74 Å². The van der Waals surface area contributed by atoms with Gasteiger partial charge in [-0.05, 0) is 51.1 Å². The van der Waals surface area contributed by atoms with Crippen molar-refractivity contribution in [2.45, 2.75) is 33.8 Å². The minimum Gasteiger partial charge on any atom is -0.486 e. The van der Waals surface area contributed by atoms with Gasteiger partial charge in [0.1, 0.15) is 17.4 Å². The number of para-hydroxylation sites is 1. The minimum atomic E-state index is -0.367. The predicted octanol–water partition coefficient (Wildman–Crippen LogP) is 4.44. The Kier molecular flexibility index (Phi) is 7.08. The van der Waals surface area contributed by atoms with Crippen LogP contribution in [-0.4, -0.2) is 21.4 Å². The van der Waals surface area contributed by atoms with E-state index in [0.717, 1.165) is 27.8 Å². The Labute approximate surface area is 202 Å². The second kappa shape index (κ2) is 10.4. The van der Waals surface area contributed by atoms with Crippen molar-refractivity contribution >= 4 is 23.2 Å². The second-order valence-corrected chi connectivity index (χ2v) is 8.91. The van der Waals surface area contributed by atoms with Gasteiger partial charge in [-0.1, -0.05) is 35.9 Å². The molecule has 4 rings (SSSR count). The lowest BCUT2D eigenvalue weighted by molar-refractivity contribution is -0.121. The second-order valence-electron chi connectivity index (χ2n) is 7.97. The number of nitrogens with zero attached hydrogens (tertiary/aromatic N) is 2. The van der Waals surface area contributed by atoms with E-state index in [0.29, 0.717) is 17.9 Å². The Balaban J connectivity index is 1.30. The molecule has 0 spiro atoms. The van der Waals surface area contributed by atoms with E-state index in [2.05, 4.69) is 15.8 Å². The smallest absolute Gasteiger partial charge is 0.271 e. The first-order chi connectivity index (χ1) is 16.4. The van der Waals surface area contributed by atoms with Gasteiger partial charge in [0.25, 0.3) is 5.91 Å². The fraction of sp³-hybridized carbons (Fsp3) is 0.192. The van der Waals surface area contributed by atoms with Crippen LogP contribution >= 0.6 is 11.3 Å². The molecule has 2 amide bonds. The van der Waals surface area contributed by atoms with Crippen LogP contribution in [0.1, 0.15) is 38.0 Å². The Morgan fingerprint density at radius 3 is 2.47 bits per heavy atom. The quantitative estimate of drug-likeness (QED) is 0.388. The molecule has 0 fully saturated rings. The van der Waals surface area contributed by atoms with Crippen molar-refractivity contribution in [3.63, 3.8) is 0 Å². The summed E-state index contributed by atoms with van der Waals surface area (Å²) in [5, 5.41) is 2.60. The molecule has 2 aromatic heterocycles. The van der Waals surface area contributed by atoms with Crippen molar-refractivity contribution in [2.75, 3.05) is 0 Å². The maximum atomic E-state index is 12.7.